The van der Waals surface area contributed by atoms with Crippen molar-refractivity contribution in [2.24, 2.45) is 0 Å². The first-order chi connectivity index (χ1) is 17.7. The van der Waals surface area contributed by atoms with Gasteiger partial charge in [-0.15, -0.1) is 0 Å². The third-order valence-corrected chi connectivity index (χ3v) is 5.51. The standard InChI is InChI=1S/C25H30N2O10/c28-21-10-11-23(29)22(17-21)25(31)37-13-9-7-5-3-1-2-4-6-8-12-36-24(30)18-14-19(26(32)33)16-20(15-18)27(34)35/h10-11,14-17,28-29H,1-9,12-13H2. The smallest absolute Gasteiger partial charge is 0.342 e. The van der Waals surface area contributed by atoms with Crippen LogP contribution in [0, 0.1) is 20.2 Å². The summed E-state index contributed by atoms with van der Waals surface area (Å²) in [4.78, 5) is 44.2. The fourth-order valence-electron chi connectivity index (χ4n) is 3.54. The van der Waals surface area contributed by atoms with Crippen LogP contribution in [-0.2, 0) is 9.47 Å². The zero-order valence-electron chi connectivity index (χ0n) is 20.3. The van der Waals surface area contributed by atoms with Gasteiger partial charge in [-0.25, -0.2) is 9.59 Å². The Morgan fingerprint density at radius 3 is 1.62 bits per heavy atom. The second-order valence-corrected chi connectivity index (χ2v) is 8.41. The molecule has 200 valence electrons. The number of nitro benzene ring substituents is 2. The molecular formula is C25H30N2O10. The summed E-state index contributed by atoms with van der Waals surface area (Å²) in [6.45, 7) is 0.352. The van der Waals surface area contributed by atoms with Crippen LogP contribution in [0.3, 0.4) is 0 Å². The highest BCUT2D eigenvalue weighted by atomic mass is 16.6. The molecule has 2 N–H and O–H groups in total. The van der Waals surface area contributed by atoms with E-state index in [0.717, 1.165) is 69.2 Å². The Hall–Kier alpha value is -4.22. The maximum atomic E-state index is 12.1. The molecule has 0 fully saturated rings. The molecule has 0 heterocycles. The van der Waals surface area contributed by atoms with Gasteiger partial charge in [-0.05, 0) is 31.0 Å². The van der Waals surface area contributed by atoms with Crippen molar-refractivity contribution >= 4 is 23.3 Å². The second kappa shape index (κ2) is 15.0. The fourth-order valence-corrected chi connectivity index (χ4v) is 3.54. The third-order valence-electron chi connectivity index (χ3n) is 5.51. The summed E-state index contributed by atoms with van der Waals surface area (Å²) in [7, 11) is 0. The Morgan fingerprint density at radius 2 is 1.14 bits per heavy atom. The van der Waals surface area contributed by atoms with Crippen molar-refractivity contribution in [3.05, 3.63) is 67.8 Å². The molecule has 0 radical (unpaired) electrons. The maximum Gasteiger partial charge on any atom is 0.342 e. The summed E-state index contributed by atoms with van der Waals surface area (Å²) in [5, 5.41) is 40.9. The van der Waals surface area contributed by atoms with E-state index in [-0.39, 0.29) is 35.8 Å². The molecule has 2 rings (SSSR count). The molecule has 0 bridgehead atoms. The van der Waals surface area contributed by atoms with Gasteiger partial charge in [0.15, 0.2) is 0 Å². The van der Waals surface area contributed by atoms with Crippen LogP contribution in [0.4, 0.5) is 11.4 Å². The number of rotatable bonds is 16. The molecule has 37 heavy (non-hydrogen) atoms. The first-order valence-electron chi connectivity index (χ1n) is 12.0. The van der Waals surface area contributed by atoms with Crippen molar-refractivity contribution in [2.45, 2.75) is 57.8 Å². The second-order valence-electron chi connectivity index (χ2n) is 8.41. The van der Waals surface area contributed by atoms with Crippen molar-refractivity contribution in [2.75, 3.05) is 13.2 Å². The monoisotopic (exact) mass is 518 g/mol. The van der Waals surface area contributed by atoms with Gasteiger partial charge < -0.3 is 19.7 Å². The van der Waals surface area contributed by atoms with Gasteiger partial charge in [0.2, 0.25) is 0 Å². The molecular weight excluding hydrogens is 488 g/mol. The maximum absolute atomic E-state index is 12.1. The lowest BCUT2D eigenvalue weighted by molar-refractivity contribution is -0.394. The van der Waals surface area contributed by atoms with E-state index in [2.05, 4.69) is 0 Å². The van der Waals surface area contributed by atoms with Crippen LogP contribution in [0.2, 0.25) is 0 Å². The Balaban J connectivity index is 1.50. The molecule has 12 nitrogen and oxygen atoms in total. The van der Waals surface area contributed by atoms with Crippen molar-refractivity contribution in [1.82, 2.24) is 0 Å². The highest BCUT2D eigenvalue weighted by Crippen LogP contribution is 2.24. The van der Waals surface area contributed by atoms with Crippen LogP contribution in [-0.4, -0.2) is 45.2 Å². The number of nitro groups is 2. The average Bonchev–Trinajstić information content (AvgIpc) is 2.87. The van der Waals surface area contributed by atoms with Gasteiger partial charge in [-0.1, -0.05) is 44.9 Å². The molecule has 0 aromatic heterocycles. The molecule has 0 atom stereocenters. The summed E-state index contributed by atoms with van der Waals surface area (Å²) in [5.74, 6) is -1.88. The number of phenols is 2. The number of carbonyl (C=O) groups is 2. The van der Waals surface area contributed by atoms with Crippen LogP contribution in [0.25, 0.3) is 0 Å². The van der Waals surface area contributed by atoms with Gasteiger partial charge in [0, 0.05) is 12.1 Å². The summed E-state index contributed by atoms with van der Waals surface area (Å²) in [6, 6.07) is 6.37. The fraction of sp³-hybridized carbons (Fsp3) is 0.440. The van der Waals surface area contributed by atoms with Crippen molar-refractivity contribution in [3.8, 4) is 11.5 Å². The number of ether oxygens (including phenoxy) is 2. The summed E-state index contributed by atoms with van der Waals surface area (Å²) < 4.78 is 10.2. The Kier molecular flexibility index (Phi) is 11.8. The van der Waals surface area contributed by atoms with Crippen LogP contribution in [0.1, 0.15) is 78.5 Å². The number of hydrogen-bond acceptors (Lipinski definition) is 10. The molecule has 2 aromatic carbocycles. The minimum atomic E-state index is -0.837. The highest BCUT2D eigenvalue weighted by Gasteiger charge is 2.20. The predicted molar refractivity (Wildman–Crippen MR) is 132 cm³/mol. The molecule has 0 amide bonds. The molecule has 0 aliphatic carbocycles. The summed E-state index contributed by atoms with van der Waals surface area (Å²) in [6.07, 6.45) is 8.05. The van der Waals surface area contributed by atoms with Gasteiger partial charge >= 0.3 is 11.9 Å². The molecule has 2 aromatic rings. The molecule has 0 aliphatic rings. The van der Waals surface area contributed by atoms with Crippen LogP contribution < -0.4 is 0 Å². The van der Waals surface area contributed by atoms with E-state index in [9.17, 15) is 40.0 Å². The van der Waals surface area contributed by atoms with E-state index in [4.69, 9.17) is 9.47 Å². The number of hydrogen-bond donors (Lipinski definition) is 2. The van der Waals surface area contributed by atoms with E-state index in [0.29, 0.717) is 12.8 Å². The summed E-state index contributed by atoms with van der Waals surface area (Å²) >= 11 is 0. The molecule has 0 unspecified atom stereocenters. The average molecular weight is 519 g/mol. The third kappa shape index (κ3) is 10.1. The molecule has 0 spiro atoms. The van der Waals surface area contributed by atoms with Crippen LogP contribution >= 0.6 is 0 Å². The van der Waals surface area contributed by atoms with Crippen LogP contribution in [0.15, 0.2) is 36.4 Å². The van der Waals surface area contributed by atoms with Gasteiger partial charge in [0.25, 0.3) is 11.4 Å². The SMILES string of the molecule is O=C(OCCCCCCCCCCCOC(=O)c1cc(O)ccc1O)c1cc([N+](=O)[O-])cc([N+](=O)[O-])c1. The van der Waals surface area contributed by atoms with Crippen molar-refractivity contribution < 1.29 is 39.1 Å². The number of phenolic OH excluding ortho intramolecular Hbond substituents is 2. The Bertz CT molecular complexity index is 1070. The van der Waals surface area contributed by atoms with Crippen molar-refractivity contribution in [3.63, 3.8) is 0 Å². The number of unbranched alkanes of at least 4 members (excludes halogenated alkanes) is 8. The normalized spacial score (nSPS) is 10.6. The zero-order valence-corrected chi connectivity index (χ0v) is 20.3. The number of non-ortho nitro benzene ring substituents is 2. The first kappa shape index (κ1) is 29.0. The lowest BCUT2D eigenvalue weighted by Crippen LogP contribution is -2.08. The van der Waals surface area contributed by atoms with Crippen molar-refractivity contribution in [1.29, 1.82) is 0 Å². The Morgan fingerprint density at radius 1 is 0.676 bits per heavy atom. The quantitative estimate of drug-likeness (QED) is 0.0955. The number of aromatic hydroxyl groups is 2. The number of carbonyl (C=O) groups excluding carboxylic acids is 2. The summed E-state index contributed by atoms with van der Waals surface area (Å²) in [5.41, 5.74) is -1.39. The number of esters is 2. The van der Waals surface area contributed by atoms with Gasteiger partial charge in [-0.2, -0.15) is 0 Å². The van der Waals surface area contributed by atoms with Gasteiger partial charge in [-0.3, -0.25) is 20.2 Å². The lowest BCUT2D eigenvalue weighted by atomic mass is 10.1. The molecule has 12 heteroatoms. The molecule has 0 saturated heterocycles. The minimum Gasteiger partial charge on any atom is -0.508 e. The molecule has 0 saturated carbocycles. The van der Waals surface area contributed by atoms with Gasteiger partial charge in [0.1, 0.15) is 17.1 Å². The van der Waals surface area contributed by atoms with Crippen LogP contribution in [0.5, 0.6) is 11.5 Å². The highest BCUT2D eigenvalue weighted by molar-refractivity contribution is 5.93. The van der Waals surface area contributed by atoms with E-state index in [1.165, 1.54) is 12.1 Å². The van der Waals surface area contributed by atoms with E-state index in [1.54, 1.807) is 0 Å². The lowest BCUT2D eigenvalue weighted by Gasteiger charge is -2.07. The number of nitrogens with zero attached hydrogens (tertiary/aromatic N) is 2. The minimum absolute atomic E-state index is 0.0669. The Labute approximate surface area is 213 Å². The van der Waals surface area contributed by atoms with E-state index >= 15 is 0 Å². The molecule has 0 aliphatic heterocycles. The zero-order chi connectivity index (χ0) is 27.2. The van der Waals surface area contributed by atoms with Gasteiger partial charge in [0.05, 0.1) is 34.7 Å². The van der Waals surface area contributed by atoms with E-state index < -0.39 is 33.2 Å². The van der Waals surface area contributed by atoms with E-state index in [1.807, 2.05) is 0 Å². The predicted octanol–water partition coefficient (Wildman–Crippen LogP) is 5.44. The first-order valence-corrected chi connectivity index (χ1v) is 12.0. The number of benzene rings is 2. The topological polar surface area (TPSA) is 179 Å². The largest absolute Gasteiger partial charge is 0.508 e.